The van der Waals surface area contributed by atoms with Crippen LogP contribution in [0.25, 0.3) is 0 Å². The molecule has 5 heteroatoms. The van der Waals surface area contributed by atoms with Gasteiger partial charge >= 0.3 is 5.97 Å². The number of piperazine rings is 1. The third-order valence-electron chi connectivity index (χ3n) is 3.01. The molecule has 1 aliphatic rings. The van der Waals surface area contributed by atoms with E-state index in [4.69, 9.17) is 4.74 Å². The normalized spacial score (nSPS) is 17.4. The molecule has 0 aliphatic carbocycles. The molecule has 0 spiro atoms. The van der Waals surface area contributed by atoms with Crippen LogP contribution in [0.2, 0.25) is 0 Å². The Morgan fingerprint density at radius 2 is 2.06 bits per heavy atom. The van der Waals surface area contributed by atoms with Crippen molar-refractivity contribution in [2.75, 3.05) is 59.5 Å². The summed E-state index contributed by atoms with van der Waals surface area (Å²) in [6.45, 7) is 9.64. The maximum atomic E-state index is 11.2. The Hall–Kier alpha value is -0.650. The van der Waals surface area contributed by atoms with E-state index in [0.717, 1.165) is 45.8 Å². The van der Waals surface area contributed by atoms with Crippen LogP contribution in [0.15, 0.2) is 0 Å². The van der Waals surface area contributed by atoms with Crippen LogP contribution in [-0.2, 0) is 9.53 Å². The van der Waals surface area contributed by atoms with E-state index in [1.54, 1.807) is 0 Å². The molecule has 0 amide bonds. The highest BCUT2D eigenvalue weighted by atomic mass is 16.5. The van der Waals surface area contributed by atoms with E-state index in [-0.39, 0.29) is 5.97 Å². The molecule has 0 aromatic rings. The quantitative estimate of drug-likeness (QED) is 0.626. The molecule has 17 heavy (non-hydrogen) atoms. The topological polar surface area (TPSA) is 44.8 Å². The van der Waals surface area contributed by atoms with Gasteiger partial charge in [0.05, 0.1) is 13.0 Å². The number of likely N-dealkylation sites (N-methyl/N-ethyl adjacent to an activating group) is 1. The summed E-state index contributed by atoms with van der Waals surface area (Å²) in [5, 5.41) is 3.34. The van der Waals surface area contributed by atoms with Crippen LogP contribution in [-0.4, -0.2) is 75.2 Å². The van der Waals surface area contributed by atoms with Gasteiger partial charge in [0.25, 0.3) is 0 Å². The SMILES string of the molecule is CCOC(=O)CCN(C)CCN1CCNCC1. The van der Waals surface area contributed by atoms with Gasteiger partial charge in [-0.25, -0.2) is 0 Å². The van der Waals surface area contributed by atoms with E-state index < -0.39 is 0 Å². The van der Waals surface area contributed by atoms with Gasteiger partial charge in [0.15, 0.2) is 0 Å². The molecule has 1 saturated heterocycles. The van der Waals surface area contributed by atoms with Crippen molar-refractivity contribution >= 4 is 5.97 Å². The minimum Gasteiger partial charge on any atom is -0.466 e. The minimum atomic E-state index is -0.0958. The van der Waals surface area contributed by atoms with Crippen molar-refractivity contribution in [3.8, 4) is 0 Å². The summed E-state index contributed by atoms with van der Waals surface area (Å²) in [5.41, 5.74) is 0. The first-order valence-corrected chi connectivity index (χ1v) is 6.49. The lowest BCUT2D eigenvalue weighted by Gasteiger charge is -2.29. The Bertz CT molecular complexity index is 218. The van der Waals surface area contributed by atoms with Gasteiger partial charge < -0.3 is 15.0 Å². The Kier molecular flexibility index (Phi) is 7.16. The predicted octanol–water partition coefficient (Wildman–Crippen LogP) is -0.223. The van der Waals surface area contributed by atoms with Gasteiger partial charge in [-0.2, -0.15) is 0 Å². The third kappa shape index (κ3) is 6.61. The monoisotopic (exact) mass is 243 g/mol. The number of nitrogens with one attached hydrogen (secondary N) is 1. The second-order valence-corrected chi connectivity index (χ2v) is 4.45. The van der Waals surface area contributed by atoms with E-state index in [2.05, 4.69) is 22.2 Å². The molecule has 0 atom stereocenters. The second-order valence-electron chi connectivity index (χ2n) is 4.45. The van der Waals surface area contributed by atoms with Crippen LogP contribution in [0.5, 0.6) is 0 Å². The third-order valence-corrected chi connectivity index (χ3v) is 3.01. The maximum Gasteiger partial charge on any atom is 0.307 e. The van der Waals surface area contributed by atoms with Crippen LogP contribution in [0.3, 0.4) is 0 Å². The zero-order chi connectivity index (χ0) is 12.5. The smallest absolute Gasteiger partial charge is 0.307 e. The summed E-state index contributed by atoms with van der Waals surface area (Å²) in [4.78, 5) is 15.8. The number of carbonyl (C=O) groups excluding carboxylic acids is 1. The number of ether oxygens (including phenoxy) is 1. The summed E-state index contributed by atoms with van der Waals surface area (Å²) >= 11 is 0. The van der Waals surface area contributed by atoms with Crippen molar-refractivity contribution in [3.63, 3.8) is 0 Å². The highest BCUT2D eigenvalue weighted by Gasteiger charge is 2.10. The minimum absolute atomic E-state index is 0.0958. The summed E-state index contributed by atoms with van der Waals surface area (Å²) in [7, 11) is 2.06. The molecule has 0 saturated carbocycles. The van der Waals surface area contributed by atoms with Crippen LogP contribution in [0, 0.1) is 0 Å². The maximum absolute atomic E-state index is 11.2. The summed E-state index contributed by atoms with van der Waals surface area (Å²) in [6, 6.07) is 0. The lowest BCUT2D eigenvalue weighted by Crippen LogP contribution is -2.46. The first-order chi connectivity index (χ1) is 8.22. The van der Waals surface area contributed by atoms with E-state index in [9.17, 15) is 4.79 Å². The van der Waals surface area contributed by atoms with Crippen molar-refractivity contribution in [3.05, 3.63) is 0 Å². The molecule has 100 valence electrons. The summed E-state index contributed by atoms with van der Waals surface area (Å²) in [6.07, 6.45) is 0.492. The molecule has 1 fully saturated rings. The highest BCUT2D eigenvalue weighted by molar-refractivity contribution is 5.69. The van der Waals surface area contributed by atoms with Gasteiger partial charge in [-0.05, 0) is 14.0 Å². The van der Waals surface area contributed by atoms with E-state index in [0.29, 0.717) is 13.0 Å². The van der Waals surface area contributed by atoms with Crippen LogP contribution >= 0.6 is 0 Å². The molecule has 1 N–H and O–H groups in total. The molecule has 0 aromatic heterocycles. The van der Waals surface area contributed by atoms with E-state index >= 15 is 0 Å². The number of carbonyl (C=O) groups is 1. The van der Waals surface area contributed by atoms with Gasteiger partial charge in [-0.3, -0.25) is 9.69 Å². The van der Waals surface area contributed by atoms with Gasteiger partial charge in [0.2, 0.25) is 0 Å². The molecule has 0 bridgehead atoms. The Morgan fingerprint density at radius 1 is 1.35 bits per heavy atom. The largest absolute Gasteiger partial charge is 0.466 e. The zero-order valence-electron chi connectivity index (χ0n) is 11.1. The van der Waals surface area contributed by atoms with Crippen LogP contribution in [0.1, 0.15) is 13.3 Å². The van der Waals surface area contributed by atoms with Gasteiger partial charge in [0, 0.05) is 45.8 Å². The average Bonchev–Trinajstić information content (AvgIpc) is 2.35. The zero-order valence-corrected chi connectivity index (χ0v) is 11.1. The number of hydrogen-bond donors (Lipinski definition) is 1. The van der Waals surface area contributed by atoms with Gasteiger partial charge in [-0.15, -0.1) is 0 Å². The fraction of sp³-hybridized carbons (Fsp3) is 0.917. The fourth-order valence-corrected chi connectivity index (χ4v) is 1.87. The Balaban J connectivity index is 2.03. The number of rotatable bonds is 7. The number of esters is 1. The molecule has 1 aliphatic heterocycles. The van der Waals surface area contributed by atoms with Crippen molar-refractivity contribution in [2.24, 2.45) is 0 Å². The van der Waals surface area contributed by atoms with Crippen molar-refractivity contribution < 1.29 is 9.53 Å². The Labute approximate surface area is 104 Å². The second kappa shape index (κ2) is 8.44. The first kappa shape index (κ1) is 14.4. The van der Waals surface area contributed by atoms with Crippen LogP contribution < -0.4 is 5.32 Å². The molecular formula is C12H25N3O2. The molecule has 0 aromatic carbocycles. The summed E-state index contributed by atoms with van der Waals surface area (Å²) < 4.78 is 4.90. The lowest BCUT2D eigenvalue weighted by atomic mass is 10.3. The van der Waals surface area contributed by atoms with Gasteiger partial charge in [-0.1, -0.05) is 0 Å². The van der Waals surface area contributed by atoms with E-state index in [1.807, 2.05) is 6.92 Å². The number of hydrogen-bond acceptors (Lipinski definition) is 5. The standard InChI is InChI=1S/C12H25N3O2/c1-3-17-12(16)4-7-14(2)10-11-15-8-5-13-6-9-15/h13H,3-11H2,1-2H3. The predicted molar refractivity (Wildman–Crippen MR) is 68.1 cm³/mol. The van der Waals surface area contributed by atoms with E-state index in [1.165, 1.54) is 0 Å². The van der Waals surface area contributed by atoms with Crippen molar-refractivity contribution in [1.82, 2.24) is 15.1 Å². The average molecular weight is 243 g/mol. The molecule has 1 heterocycles. The Morgan fingerprint density at radius 3 is 2.71 bits per heavy atom. The molecule has 1 rings (SSSR count). The molecular weight excluding hydrogens is 218 g/mol. The van der Waals surface area contributed by atoms with Gasteiger partial charge in [0.1, 0.15) is 0 Å². The fourth-order valence-electron chi connectivity index (χ4n) is 1.87. The molecule has 0 unspecified atom stereocenters. The highest BCUT2D eigenvalue weighted by Crippen LogP contribution is 1.95. The van der Waals surface area contributed by atoms with Crippen molar-refractivity contribution in [2.45, 2.75) is 13.3 Å². The molecule has 5 nitrogen and oxygen atoms in total. The first-order valence-electron chi connectivity index (χ1n) is 6.49. The lowest BCUT2D eigenvalue weighted by molar-refractivity contribution is -0.143. The summed E-state index contributed by atoms with van der Waals surface area (Å²) in [5.74, 6) is -0.0958. The van der Waals surface area contributed by atoms with Crippen molar-refractivity contribution in [1.29, 1.82) is 0 Å². The molecule has 0 radical (unpaired) electrons. The number of nitrogens with zero attached hydrogens (tertiary/aromatic N) is 2. The van der Waals surface area contributed by atoms with Crippen LogP contribution in [0.4, 0.5) is 0 Å².